The van der Waals surface area contributed by atoms with Crippen molar-refractivity contribution in [1.29, 1.82) is 0 Å². The molecule has 57 heavy (non-hydrogen) atoms. The normalized spacial score (nSPS) is 17.6. The lowest BCUT2D eigenvalue weighted by Crippen LogP contribution is -2.49. The molecule has 0 radical (unpaired) electrons. The maximum Gasteiger partial charge on any atom is 0.410 e. The summed E-state index contributed by atoms with van der Waals surface area (Å²) in [5.41, 5.74) is 5.15. The lowest BCUT2D eigenvalue weighted by molar-refractivity contribution is -0.130. The Labute approximate surface area is 345 Å². The van der Waals surface area contributed by atoms with Crippen molar-refractivity contribution in [2.24, 2.45) is 0 Å². The minimum Gasteiger partial charge on any atom is -0.496 e. The minimum absolute atomic E-state index is 0.0284. The summed E-state index contributed by atoms with van der Waals surface area (Å²) >= 11 is 14.3. The van der Waals surface area contributed by atoms with Crippen molar-refractivity contribution in [2.45, 2.75) is 103 Å². The molecular formula is C44H53Cl2N5O6. The standard InChI is InChI=1S/C44H53Cl2N5O6/c1-27(52)50-22-19-32(20-23-50)51(43(54)57-44(2,3)4)26-30-12-17-37(49-42(30)56-6)36-9-7-8-34(39(36)45)35-18-21-47-41(40(35)46)28-10-11-29(38(24-28)55-5)25-48-31-13-15-33(53)16-14-31/h7-12,17-18,21,24,31-33,48,53H,13-16,19-20,22-23,25-26H2,1-6H3. The van der Waals surface area contributed by atoms with Gasteiger partial charge in [-0.1, -0.05) is 53.5 Å². The van der Waals surface area contributed by atoms with E-state index < -0.39 is 11.7 Å². The number of aliphatic hydroxyl groups is 1. The SMILES string of the molecule is COc1cc(-c2nccc(-c3cccc(-c4ccc(CN(C(=O)OC(C)(C)C)C5CCN(C(C)=O)CC5)c(OC)n4)c3Cl)c2Cl)ccc1CNC1CCC(O)CC1. The molecule has 2 aromatic heterocycles. The molecule has 6 rings (SSSR count). The van der Waals surface area contributed by atoms with Crippen LogP contribution in [0.1, 0.15) is 77.3 Å². The number of benzene rings is 2. The average Bonchev–Trinajstić information content (AvgIpc) is 3.19. The van der Waals surface area contributed by atoms with E-state index in [0.29, 0.717) is 88.1 Å². The predicted octanol–water partition coefficient (Wildman–Crippen LogP) is 8.94. The summed E-state index contributed by atoms with van der Waals surface area (Å²) in [7, 11) is 3.21. The number of likely N-dealkylation sites (tertiary alicyclic amines) is 1. The van der Waals surface area contributed by atoms with E-state index in [2.05, 4.69) is 10.3 Å². The van der Waals surface area contributed by atoms with E-state index in [1.165, 1.54) is 0 Å². The topological polar surface area (TPSA) is 126 Å². The first-order valence-corrected chi connectivity index (χ1v) is 20.3. The number of aliphatic hydroxyl groups excluding tert-OH is 1. The Hall–Kier alpha value is -4.42. The van der Waals surface area contributed by atoms with Gasteiger partial charge < -0.3 is 34.4 Å². The smallest absolute Gasteiger partial charge is 0.410 e. The Morgan fingerprint density at radius 2 is 1.58 bits per heavy atom. The van der Waals surface area contributed by atoms with Crippen molar-refractivity contribution in [3.8, 4) is 45.3 Å². The van der Waals surface area contributed by atoms with Crippen LogP contribution in [0.25, 0.3) is 33.6 Å². The van der Waals surface area contributed by atoms with Crippen LogP contribution in [-0.2, 0) is 22.6 Å². The second kappa shape index (κ2) is 18.4. The number of rotatable bonds is 11. The zero-order chi connectivity index (χ0) is 40.9. The summed E-state index contributed by atoms with van der Waals surface area (Å²) in [5.74, 6) is 1.12. The molecule has 2 amide bonds. The molecule has 2 N–H and O–H groups in total. The van der Waals surface area contributed by atoms with Crippen LogP contribution in [0.3, 0.4) is 0 Å². The van der Waals surface area contributed by atoms with Gasteiger partial charge in [0.2, 0.25) is 11.8 Å². The molecule has 1 aliphatic heterocycles. The highest BCUT2D eigenvalue weighted by molar-refractivity contribution is 6.39. The molecule has 2 aliphatic rings. The Bertz CT molecular complexity index is 2060. The third-order valence-electron chi connectivity index (χ3n) is 10.7. The number of carbonyl (C=O) groups is 2. The molecule has 3 heterocycles. The summed E-state index contributed by atoms with van der Waals surface area (Å²) in [5, 5.41) is 14.4. The minimum atomic E-state index is -0.682. The summed E-state index contributed by atoms with van der Waals surface area (Å²) in [4.78, 5) is 38.6. The predicted molar refractivity (Wildman–Crippen MR) is 224 cm³/mol. The van der Waals surface area contributed by atoms with Gasteiger partial charge in [-0.05, 0) is 83.6 Å². The molecule has 0 spiro atoms. The van der Waals surface area contributed by atoms with Gasteiger partial charge in [-0.3, -0.25) is 9.78 Å². The van der Waals surface area contributed by atoms with E-state index in [-0.39, 0.29) is 24.6 Å². The number of amides is 2. The van der Waals surface area contributed by atoms with Gasteiger partial charge in [0.05, 0.1) is 48.3 Å². The molecule has 2 fully saturated rings. The number of hydrogen-bond acceptors (Lipinski definition) is 9. The number of hydrogen-bond donors (Lipinski definition) is 2. The first-order valence-electron chi connectivity index (χ1n) is 19.6. The summed E-state index contributed by atoms with van der Waals surface area (Å²) in [6.45, 7) is 9.10. The van der Waals surface area contributed by atoms with Gasteiger partial charge >= 0.3 is 6.09 Å². The number of ether oxygens (including phenoxy) is 3. The van der Waals surface area contributed by atoms with Crippen LogP contribution in [-0.4, -0.2) is 88.0 Å². The number of pyridine rings is 2. The average molecular weight is 819 g/mol. The van der Waals surface area contributed by atoms with Crippen molar-refractivity contribution in [3.05, 3.63) is 82.0 Å². The largest absolute Gasteiger partial charge is 0.496 e. The molecule has 2 aromatic carbocycles. The lowest BCUT2D eigenvalue weighted by atomic mass is 9.93. The van der Waals surface area contributed by atoms with E-state index >= 15 is 0 Å². The van der Waals surface area contributed by atoms with Crippen molar-refractivity contribution in [1.82, 2.24) is 25.1 Å². The lowest BCUT2D eigenvalue weighted by Gasteiger charge is -2.39. The van der Waals surface area contributed by atoms with E-state index in [1.807, 2.05) is 75.4 Å². The van der Waals surface area contributed by atoms with Crippen LogP contribution in [0, 0.1) is 0 Å². The molecule has 1 saturated heterocycles. The molecule has 11 nitrogen and oxygen atoms in total. The number of nitrogens with one attached hydrogen (secondary N) is 1. The highest BCUT2D eigenvalue weighted by Gasteiger charge is 2.33. The van der Waals surface area contributed by atoms with E-state index in [9.17, 15) is 14.7 Å². The van der Waals surface area contributed by atoms with Crippen LogP contribution in [0.4, 0.5) is 4.79 Å². The quantitative estimate of drug-likeness (QED) is 0.153. The summed E-state index contributed by atoms with van der Waals surface area (Å²) in [6, 6.07) is 17.5. The Morgan fingerprint density at radius 3 is 2.25 bits per heavy atom. The molecular weight excluding hydrogens is 765 g/mol. The summed E-state index contributed by atoms with van der Waals surface area (Å²) in [6.07, 6.45) is 5.91. The van der Waals surface area contributed by atoms with Crippen molar-refractivity contribution < 1.29 is 28.9 Å². The van der Waals surface area contributed by atoms with Crippen LogP contribution in [0.15, 0.2) is 60.8 Å². The van der Waals surface area contributed by atoms with E-state index in [4.69, 9.17) is 42.4 Å². The molecule has 1 aliphatic carbocycles. The monoisotopic (exact) mass is 817 g/mol. The van der Waals surface area contributed by atoms with Gasteiger partial charge in [-0.15, -0.1) is 0 Å². The molecule has 0 unspecified atom stereocenters. The zero-order valence-electron chi connectivity index (χ0n) is 33.6. The molecule has 0 atom stereocenters. The number of aromatic nitrogens is 2. The number of carbonyl (C=O) groups excluding carboxylic acids is 2. The third-order valence-corrected chi connectivity index (χ3v) is 11.5. The van der Waals surface area contributed by atoms with Crippen molar-refractivity contribution in [2.75, 3.05) is 27.3 Å². The van der Waals surface area contributed by atoms with Crippen LogP contribution < -0.4 is 14.8 Å². The fourth-order valence-corrected chi connectivity index (χ4v) is 8.27. The van der Waals surface area contributed by atoms with Crippen LogP contribution >= 0.6 is 23.2 Å². The number of halogens is 2. The van der Waals surface area contributed by atoms with E-state index in [0.717, 1.165) is 42.6 Å². The van der Waals surface area contributed by atoms with Gasteiger partial charge in [-0.2, -0.15) is 0 Å². The first kappa shape index (κ1) is 42.2. The van der Waals surface area contributed by atoms with Gasteiger partial charge in [0, 0.05) is 78.2 Å². The van der Waals surface area contributed by atoms with Crippen molar-refractivity contribution >= 4 is 35.2 Å². The maximum atomic E-state index is 13.6. The number of piperidine rings is 1. The summed E-state index contributed by atoms with van der Waals surface area (Å²) < 4.78 is 17.4. The third kappa shape index (κ3) is 10.2. The van der Waals surface area contributed by atoms with Crippen molar-refractivity contribution in [3.63, 3.8) is 0 Å². The molecule has 304 valence electrons. The van der Waals surface area contributed by atoms with Crippen LogP contribution in [0.2, 0.25) is 10.0 Å². The second-order valence-corrected chi connectivity index (χ2v) is 16.6. The fraction of sp³-hybridized carbons (Fsp3) is 0.455. The zero-order valence-corrected chi connectivity index (χ0v) is 35.1. The Balaban J connectivity index is 1.25. The second-order valence-electron chi connectivity index (χ2n) is 15.8. The van der Waals surface area contributed by atoms with Gasteiger partial charge in [0.1, 0.15) is 11.4 Å². The van der Waals surface area contributed by atoms with Gasteiger partial charge in [0.15, 0.2) is 0 Å². The van der Waals surface area contributed by atoms with E-state index in [1.54, 1.807) is 37.1 Å². The highest BCUT2D eigenvalue weighted by atomic mass is 35.5. The molecule has 13 heteroatoms. The van der Waals surface area contributed by atoms with Gasteiger partial charge in [-0.25, -0.2) is 9.78 Å². The molecule has 0 bridgehead atoms. The fourth-order valence-electron chi connectivity index (χ4n) is 7.62. The highest BCUT2D eigenvalue weighted by Crippen LogP contribution is 2.42. The van der Waals surface area contributed by atoms with Crippen LogP contribution in [0.5, 0.6) is 11.6 Å². The molecule has 4 aromatic rings. The Morgan fingerprint density at radius 1 is 0.895 bits per heavy atom. The van der Waals surface area contributed by atoms with Gasteiger partial charge in [0.25, 0.3) is 0 Å². The molecule has 1 saturated carbocycles. The maximum absolute atomic E-state index is 13.6. The number of nitrogens with zero attached hydrogens (tertiary/aromatic N) is 4. The Kier molecular flexibility index (Phi) is 13.7. The number of methoxy groups -OCH3 is 2. The first-order chi connectivity index (χ1) is 27.3.